The molecule has 0 aliphatic heterocycles. The van der Waals surface area contributed by atoms with E-state index < -0.39 is 0 Å². The van der Waals surface area contributed by atoms with Crippen LogP contribution in [0.2, 0.25) is 0 Å². The lowest BCUT2D eigenvalue weighted by Crippen LogP contribution is -2.05. The van der Waals surface area contributed by atoms with E-state index in [9.17, 15) is 10.5 Å². The quantitative estimate of drug-likeness (QED) is 0.695. The van der Waals surface area contributed by atoms with Gasteiger partial charge in [0.25, 0.3) is 0 Å². The van der Waals surface area contributed by atoms with Gasteiger partial charge in [0.05, 0.1) is 24.4 Å². The van der Waals surface area contributed by atoms with Crippen LogP contribution in [0.1, 0.15) is 16.7 Å². The minimum Gasteiger partial charge on any atom is -0.493 e. The fraction of sp³-hybridized carbons (Fsp3) is 0.100. The molecular weight excluding hydrogens is 356 g/mol. The number of aromatic nitrogens is 2. The largest absolute Gasteiger partial charge is 0.493 e. The number of nitrogens with zero attached hydrogens (tertiary/aromatic N) is 4. The molecular formula is C20H16N6O2. The summed E-state index contributed by atoms with van der Waals surface area (Å²) in [4.78, 5) is 7.94. The number of rotatable bonds is 5. The van der Waals surface area contributed by atoms with E-state index >= 15 is 0 Å². The van der Waals surface area contributed by atoms with Crippen LogP contribution < -0.4 is 20.9 Å². The Kier molecular flexibility index (Phi) is 5.24. The Labute approximate surface area is 161 Å². The van der Waals surface area contributed by atoms with E-state index in [0.29, 0.717) is 28.3 Å². The lowest BCUT2D eigenvalue weighted by atomic mass is 10.1. The van der Waals surface area contributed by atoms with Gasteiger partial charge in [0.1, 0.15) is 24.1 Å². The van der Waals surface area contributed by atoms with E-state index in [1.165, 1.54) is 7.11 Å². The summed E-state index contributed by atoms with van der Waals surface area (Å²) in [6.07, 6.45) is 0. The van der Waals surface area contributed by atoms with Crippen LogP contribution in [0.3, 0.4) is 0 Å². The molecule has 0 radical (unpaired) electrons. The molecule has 0 aliphatic rings. The molecule has 0 aliphatic carbocycles. The monoisotopic (exact) mass is 372 g/mol. The standard InChI is InChI=1S/C20H16N6O2/c1-27-17-8-12(18-15(10-22)19(23)26-20(24)25-18)6-7-16(17)28-11-14-5-3-2-4-13(14)9-21/h2-8H,11H2,1H3,(H4,23,24,25,26). The molecule has 138 valence electrons. The SMILES string of the molecule is COc1cc(-c2nc(N)nc(N)c2C#N)ccc1OCc1ccccc1C#N. The Hall–Kier alpha value is -4.30. The topological polar surface area (TPSA) is 144 Å². The van der Waals surface area contributed by atoms with Crippen molar-refractivity contribution in [1.82, 2.24) is 9.97 Å². The lowest BCUT2D eigenvalue weighted by molar-refractivity contribution is 0.284. The first-order chi connectivity index (χ1) is 13.6. The summed E-state index contributed by atoms with van der Waals surface area (Å²) in [5, 5.41) is 18.5. The van der Waals surface area contributed by atoms with Crippen molar-refractivity contribution in [3.63, 3.8) is 0 Å². The number of hydrogen-bond acceptors (Lipinski definition) is 8. The second-order valence-electron chi connectivity index (χ2n) is 5.73. The predicted octanol–water partition coefficient (Wildman–Crippen LogP) is 2.64. The maximum absolute atomic E-state index is 9.36. The fourth-order valence-corrected chi connectivity index (χ4v) is 2.66. The van der Waals surface area contributed by atoms with Gasteiger partial charge in [0.2, 0.25) is 5.95 Å². The molecule has 1 aromatic heterocycles. The highest BCUT2D eigenvalue weighted by atomic mass is 16.5. The molecule has 0 amide bonds. The summed E-state index contributed by atoms with van der Waals surface area (Å²) in [6.45, 7) is 0.205. The van der Waals surface area contributed by atoms with Gasteiger partial charge in [-0.3, -0.25) is 0 Å². The summed E-state index contributed by atoms with van der Waals surface area (Å²) >= 11 is 0. The molecule has 3 rings (SSSR count). The molecule has 8 nitrogen and oxygen atoms in total. The molecule has 4 N–H and O–H groups in total. The summed E-state index contributed by atoms with van der Waals surface area (Å²) in [5.74, 6) is 0.899. The first-order valence-corrected chi connectivity index (χ1v) is 8.19. The normalized spacial score (nSPS) is 9.96. The smallest absolute Gasteiger partial charge is 0.222 e. The molecule has 28 heavy (non-hydrogen) atoms. The molecule has 0 fully saturated rings. The van der Waals surface area contributed by atoms with E-state index in [4.69, 9.17) is 20.9 Å². The van der Waals surface area contributed by atoms with Crippen molar-refractivity contribution in [3.8, 4) is 34.9 Å². The molecule has 0 saturated heterocycles. The van der Waals surface area contributed by atoms with Gasteiger partial charge < -0.3 is 20.9 Å². The van der Waals surface area contributed by atoms with E-state index in [2.05, 4.69) is 16.0 Å². The van der Waals surface area contributed by atoms with Crippen molar-refractivity contribution in [2.75, 3.05) is 18.6 Å². The second-order valence-corrected chi connectivity index (χ2v) is 5.73. The maximum Gasteiger partial charge on any atom is 0.222 e. The van der Waals surface area contributed by atoms with Gasteiger partial charge in [-0.2, -0.15) is 15.5 Å². The van der Waals surface area contributed by atoms with Gasteiger partial charge in [-0.25, -0.2) is 4.98 Å². The highest BCUT2D eigenvalue weighted by Crippen LogP contribution is 2.34. The lowest BCUT2D eigenvalue weighted by Gasteiger charge is -2.13. The number of ether oxygens (including phenoxy) is 2. The molecule has 1 heterocycles. The zero-order valence-electron chi connectivity index (χ0n) is 15.0. The summed E-state index contributed by atoms with van der Waals surface area (Å²) in [5.41, 5.74) is 13.8. The Morgan fingerprint density at radius 1 is 1.00 bits per heavy atom. The number of nitriles is 2. The van der Waals surface area contributed by atoms with Crippen LogP contribution in [-0.4, -0.2) is 17.1 Å². The first-order valence-electron chi connectivity index (χ1n) is 8.19. The van der Waals surface area contributed by atoms with Crippen LogP contribution in [0.15, 0.2) is 42.5 Å². The number of nitrogen functional groups attached to an aromatic ring is 2. The third-order valence-electron chi connectivity index (χ3n) is 4.02. The molecule has 2 aromatic carbocycles. The number of anilines is 2. The van der Waals surface area contributed by atoms with E-state index in [1.807, 2.05) is 18.2 Å². The average Bonchev–Trinajstić information content (AvgIpc) is 2.71. The minimum atomic E-state index is -0.0288. The van der Waals surface area contributed by atoms with Crippen LogP contribution in [-0.2, 0) is 6.61 Å². The number of hydrogen-bond donors (Lipinski definition) is 2. The zero-order valence-corrected chi connectivity index (χ0v) is 15.0. The third-order valence-corrected chi connectivity index (χ3v) is 4.02. The molecule has 0 atom stereocenters. The molecule has 0 saturated carbocycles. The van der Waals surface area contributed by atoms with Crippen LogP contribution in [0, 0.1) is 22.7 Å². The van der Waals surface area contributed by atoms with Crippen molar-refractivity contribution in [3.05, 3.63) is 59.2 Å². The van der Waals surface area contributed by atoms with Gasteiger partial charge in [-0.05, 0) is 24.3 Å². The van der Waals surface area contributed by atoms with E-state index in [1.54, 1.807) is 30.3 Å². The van der Waals surface area contributed by atoms with E-state index in [0.717, 1.165) is 5.56 Å². The molecule has 0 bridgehead atoms. The Bertz CT molecular complexity index is 1110. The molecule has 8 heteroatoms. The molecule has 0 unspecified atom stereocenters. The third kappa shape index (κ3) is 3.62. The van der Waals surface area contributed by atoms with Gasteiger partial charge >= 0.3 is 0 Å². The Morgan fingerprint density at radius 3 is 2.50 bits per heavy atom. The number of nitrogens with two attached hydrogens (primary N) is 2. The van der Waals surface area contributed by atoms with Crippen LogP contribution in [0.4, 0.5) is 11.8 Å². The van der Waals surface area contributed by atoms with Gasteiger partial charge in [-0.15, -0.1) is 0 Å². The van der Waals surface area contributed by atoms with Gasteiger partial charge in [-0.1, -0.05) is 18.2 Å². The van der Waals surface area contributed by atoms with Crippen LogP contribution in [0.5, 0.6) is 11.5 Å². The summed E-state index contributed by atoms with van der Waals surface area (Å²) < 4.78 is 11.2. The summed E-state index contributed by atoms with van der Waals surface area (Å²) in [6, 6.07) is 16.4. The van der Waals surface area contributed by atoms with Gasteiger partial charge in [0.15, 0.2) is 11.5 Å². The van der Waals surface area contributed by atoms with Crippen LogP contribution >= 0.6 is 0 Å². The van der Waals surface area contributed by atoms with Crippen molar-refractivity contribution in [1.29, 1.82) is 10.5 Å². The highest BCUT2D eigenvalue weighted by Gasteiger charge is 2.16. The second kappa shape index (κ2) is 7.94. The predicted molar refractivity (Wildman–Crippen MR) is 103 cm³/mol. The molecule has 3 aromatic rings. The van der Waals surface area contributed by atoms with Crippen molar-refractivity contribution >= 4 is 11.8 Å². The van der Waals surface area contributed by atoms with Crippen molar-refractivity contribution in [2.24, 2.45) is 0 Å². The molecule has 0 spiro atoms. The van der Waals surface area contributed by atoms with Crippen LogP contribution in [0.25, 0.3) is 11.3 Å². The minimum absolute atomic E-state index is 0.0115. The zero-order chi connectivity index (χ0) is 20.1. The van der Waals surface area contributed by atoms with Gasteiger partial charge in [0, 0.05) is 11.1 Å². The Morgan fingerprint density at radius 2 is 1.79 bits per heavy atom. The van der Waals surface area contributed by atoms with Crippen molar-refractivity contribution in [2.45, 2.75) is 6.61 Å². The summed E-state index contributed by atoms with van der Waals surface area (Å²) in [7, 11) is 1.50. The highest BCUT2D eigenvalue weighted by molar-refractivity contribution is 5.74. The van der Waals surface area contributed by atoms with Crippen molar-refractivity contribution < 1.29 is 9.47 Å². The first kappa shape index (κ1) is 18.5. The average molecular weight is 372 g/mol. The number of benzene rings is 2. The maximum atomic E-state index is 9.36. The van der Waals surface area contributed by atoms with E-state index in [-0.39, 0.29) is 23.9 Å². The fourth-order valence-electron chi connectivity index (χ4n) is 2.66. The number of methoxy groups -OCH3 is 1. The Balaban J connectivity index is 1.94.